The van der Waals surface area contributed by atoms with Gasteiger partial charge in [0.15, 0.2) is 0 Å². The number of nitrogens with one attached hydrogen (secondary N) is 2. The van der Waals surface area contributed by atoms with Crippen molar-refractivity contribution in [2.45, 2.75) is 25.7 Å². The highest BCUT2D eigenvalue weighted by Crippen LogP contribution is 2.48. The van der Waals surface area contributed by atoms with Gasteiger partial charge in [-0.3, -0.25) is 16.0 Å². The van der Waals surface area contributed by atoms with Crippen LogP contribution in [0.4, 0.5) is 17.1 Å². The van der Waals surface area contributed by atoms with E-state index in [-0.39, 0.29) is 5.69 Å². The number of nitrogens with two attached hydrogens (primary N) is 1. The molecule has 4 N–H and O–H groups in total. The zero-order valence-electron chi connectivity index (χ0n) is 11.3. The molecular formula is C14H20N4O2. The Morgan fingerprint density at radius 1 is 1.25 bits per heavy atom. The van der Waals surface area contributed by atoms with Gasteiger partial charge in [-0.15, -0.1) is 0 Å². The maximum atomic E-state index is 10.9. The van der Waals surface area contributed by atoms with Gasteiger partial charge in [-0.2, -0.15) is 0 Å². The summed E-state index contributed by atoms with van der Waals surface area (Å²) < 4.78 is 0. The largest absolute Gasteiger partial charge is 0.384 e. The second kappa shape index (κ2) is 5.28. The van der Waals surface area contributed by atoms with Crippen molar-refractivity contribution in [3.05, 3.63) is 28.3 Å². The molecule has 2 bridgehead atoms. The number of anilines is 2. The molecule has 108 valence electrons. The van der Waals surface area contributed by atoms with Crippen LogP contribution in [-0.4, -0.2) is 11.5 Å². The molecule has 6 heteroatoms. The van der Waals surface area contributed by atoms with Crippen molar-refractivity contribution in [1.29, 1.82) is 0 Å². The molecule has 0 spiro atoms. The Bertz CT molecular complexity index is 520. The number of nitro groups is 1. The van der Waals surface area contributed by atoms with Crippen molar-refractivity contribution in [2.24, 2.45) is 23.6 Å². The molecule has 6 nitrogen and oxygen atoms in total. The van der Waals surface area contributed by atoms with E-state index in [4.69, 9.17) is 5.84 Å². The van der Waals surface area contributed by atoms with Crippen LogP contribution in [0.5, 0.6) is 0 Å². The van der Waals surface area contributed by atoms with Crippen LogP contribution in [0.2, 0.25) is 0 Å². The third-order valence-corrected chi connectivity index (χ3v) is 4.75. The lowest BCUT2D eigenvalue weighted by molar-refractivity contribution is -0.384. The molecule has 1 aromatic rings. The highest BCUT2D eigenvalue weighted by Gasteiger charge is 2.39. The maximum absolute atomic E-state index is 10.9. The Morgan fingerprint density at radius 2 is 2.05 bits per heavy atom. The lowest BCUT2D eigenvalue weighted by Crippen LogP contribution is -2.20. The van der Waals surface area contributed by atoms with Gasteiger partial charge in [0.1, 0.15) is 0 Å². The Hall–Kier alpha value is -1.82. The van der Waals surface area contributed by atoms with Crippen LogP contribution in [0.3, 0.4) is 0 Å². The highest BCUT2D eigenvalue weighted by atomic mass is 16.6. The van der Waals surface area contributed by atoms with Crippen molar-refractivity contribution in [1.82, 2.24) is 0 Å². The third-order valence-electron chi connectivity index (χ3n) is 4.75. The van der Waals surface area contributed by atoms with E-state index in [1.165, 1.54) is 31.7 Å². The summed E-state index contributed by atoms with van der Waals surface area (Å²) in [6, 6.07) is 4.80. The van der Waals surface area contributed by atoms with Crippen molar-refractivity contribution < 1.29 is 4.92 Å². The fraction of sp³-hybridized carbons (Fsp3) is 0.571. The summed E-state index contributed by atoms with van der Waals surface area (Å²) in [6.45, 7) is 0.895. The summed E-state index contributed by atoms with van der Waals surface area (Å²) in [5, 5.41) is 14.2. The molecule has 1 aromatic carbocycles. The maximum Gasteiger partial charge on any atom is 0.273 e. The average Bonchev–Trinajstić information content (AvgIpc) is 3.07. The van der Waals surface area contributed by atoms with Gasteiger partial charge in [-0.25, -0.2) is 0 Å². The number of hydrogen-bond donors (Lipinski definition) is 3. The van der Waals surface area contributed by atoms with E-state index in [1.807, 2.05) is 0 Å². The van der Waals surface area contributed by atoms with Gasteiger partial charge >= 0.3 is 0 Å². The molecule has 0 aromatic heterocycles. The number of rotatable bonds is 5. The fourth-order valence-corrected chi connectivity index (χ4v) is 3.78. The van der Waals surface area contributed by atoms with E-state index in [1.54, 1.807) is 12.1 Å². The summed E-state index contributed by atoms with van der Waals surface area (Å²) in [4.78, 5) is 10.5. The van der Waals surface area contributed by atoms with Crippen LogP contribution in [0, 0.1) is 27.9 Å². The number of nitro benzene ring substituents is 1. The Kier molecular flexibility index (Phi) is 3.48. The quantitative estimate of drug-likeness (QED) is 0.437. The Labute approximate surface area is 117 Å². The standard InChI is InChI=1S/C14H20N4O2/c15-17-13-5-12(6-14(7-13)18(19)20)16-8-11-4-9-1-2-10(11)3-9/h5-7,9-11,16-17H,1-4,8,15H2. The van der Waals surface area contributed by atoms with E-state index in [9.17, 15) is 10.1 Å². The first-order valence-corrected chi connectivity index (χ1v) is 7.15. The lowest BCUT2D eigenvalue weighted by Gasteiger charge is -2.22. The Morgan fingerprint density at radius 3 is 2.65 bits per heavy atom. The summed E-state index contributed by atoms with van der Waals surface area (Å²) in [5.74, 6) is 7.83. The number of nitrogens with zero attached hydrogens (tertiary/aromatic N) is 1. The number of nitrogen functional groups attached to an aromatic ring is 1. The van der Waals surface area contributed by atoms with Gasteiger partial charge in [0.2, 0.25) is 0 Å². The molecule has 3 unspecified atom stereocenters. The van der Waals surface area contributed by atoms with Gasteiger partial charge in [0.25, 0.3) is 5.69 Å². The minimum Gasteiger partial charge on any atom is -0.384 e. The SMILES string of the molecule is NNc1cc(NCC2CC3CCC2C3)cc([N+](=O)[O-])c1. The molecule has 2 saturated carbocycles. The average molecular weight is 276 g/mol. The van der Waals surface area contributed by atoms with Crippen molar-refractivity contribution in [2.75, 3.05) is 17.3 Å². The summed E-state index contributed by atoms with van der Waals surface area (Å²) >= 11 is 0. The minimum atomic E-state index is -0.399. The van der Waals surface area contributed by atoms with Gasteiger partial charge in [0, 0.05) is 24.4 Å². The highest BCUT2D eigenvalue weighted by molar-refractivity contribution is 5.63. The number of non-ortho nitro benzene ring substituents is 1. The normalized spacial score (nSPS) is 27.6. The van der Waals surface area contributed by atoms with Gasteiger partial charge in [-0.05, 0) is 43.1 Å². The van der Waals surface area contributed by atoms with Crippen LogP contribution < -0.4 is 16.6 Å². The zero-order valence-corrected chi connectivity index (χ0v) is 11.3. The van der Waals surface area contributed by atoms with Crippen molar-refractivity contribution >= 4 is 17.1 Å². The van der Waals surface area contributed by atoms with E-state index in [0.29, 0.717) is 11.6 Å². The van der Waals surface area contributed by atoms with Crippen LogP contribution in [0.15, 0.2) is 18.2 Å². The summed E-state index contributed by atoms with van der Waals surface area (Å²) in [5.41, 5.74) is 3.83. The molecule has 2 aliphatic carbocycles. The molecule has 2 aliphatic rings. The van der Waals surface area contributed by atoms with Gasteiger partial charge in [-0.1, -0.05) is 6.42 Å². The van der Waals surface area contributed by atoms with Crippen LogP contribution >= 0.6 is 0 Å². The molecule has 2 fully saturated rings. The number of fused-ring (bicyclic) bond motifs is 2. The predicted octanol–water partition coefficient (Wildman–Crippen LogP) is 2.73. The topological polar surface area (TPSA) is 93.2 Å². The second-order valence-electron chi connectivity index (χ2n) is 5.99. The predicted molar refractivity (Wildman–Crippen MR) is 78.3 cm³/mol. The van der Waals surface area contributed by atoms with E-state index in [2.05, 4.69) is 10.7 Å². The molecule has 3 rings (SSSR count). The van der Waals surface area contributed by atoms with Crippen molar-refractivity contribution in [3.63, 3.8) is 0 Å². The molecule has 3 atom stereocenters. The summed E-state index contributed by atoms with van der Waals surface area (Å²) in [7, 11) is 0. The molecule has 0 saturated heterocycles. The number of hydrogen-bond acceptors (Lipinski definition) is 5. The zero-order chi connectivity index (χ0) is 14.1. The number of benzene rings is 1. The monoisotopic (exact) mass is 276 g/mol. The van der Waals surface area contributed by atoms with E-state index >= 15 is 0 Å². The molecule has 0 radical (unpaired) electrons. The number of hydrazine groups is 1. The van der Waals surface area contributed by atoms with Crippen LogP contribution in [0.1, 0.15) is 25.7 Å². The molecule has 0 aliphatic heterocycles. The van der Waals surface area contributed by atoms with E-state index < -0.39 is 4.92 Å². The lowest BCUT2D eigenvalue weighted by atomic mass is 9.89. The molecule has 0 heterocycles. The van der Waals surface area contributed by atoms with Crippen LogP contribution in [0.25, 0.3) is 0 Å². The summed E-state index contributed by atoms with van der Waals surface area (Å²) in [6.07, 6.45) is 5.41. The van der Waals surface area contributed by atoms with Gasteiger partial charge < -0.3 is 10.7 Å². The first kappa shape index (κ1) is 13.2. The van der Waals surface area contributed by atoms with Crippen LogP contribution in [-0.2, 0) is 0 Å². The molecular weight excluding hydrogens is 256 g/mol. The third kappa shape index (κ3) is 2.56. The second-order valence-corrected chi connectivity index (χ2v) is 5.99. The minimum absolute atomic E-state index is 0.0518. The first-order chi connectivity index (χ1) is 9.65. The molecule has 0 amide bonds. The van der Waals surface area contributed by atoms with Crippen molar-refractivity contribution in [3.8, 4) is 0 Å². The smallest absolute Gasteiger partial charge is 0.273 e. The van der Waals surface area contributed by atoms with E-state index in [0.717, 1.165) is 24.1 Å². The van der Waals surface area contributed by atoms with Gasteiger partial charge in [0.05, 0.1) is 10.6 Å². The fourth-order valence-electron chi connectivity index (χ4n) is 3.78. The Balaban J connectivity index is 1.67. The first-order valence-electron chi connectivity index (χ1n) is 7.15. The molecule has 20 heavy (non-hydrogen) atoms.